The summed E-state index contributed by atoms with van der Waals surface area (Å²) < 4.78 is 13.2. The zero-order valence-electron chi connectivity index (χ0n) is 18.2. The van der Waals surface area contributed by atoms with Crippen LogP contribution >= 0.6 is 0 Å². The molecular weight excluding hydrogens is 403 g/mol. The van der Waals surface area contributed by atoms with Gasteiger partial charge in [0.1, 0.15) is 11.5 Å². The third-order valence-electron chi connectivity index (χ3n) is 5.68. The van der Waals surface area contributed by atoms with Crippen LogP contribution in [0.5, 0.6) is 0 Å². The summed E-state index contributed by atoms with van der Waals surface area (Å²) in [5.74, 6) is -0.919. The van der Waals surface area contributed by atoms with Crippen LogP contribution in [0.4, 0.5) is 10.1 Å². The van der Waals surface area contributed by atoms with Crippen LogP contribution in [-0.2, 0) is 16.0 Å². The van der Waals surface area contributed by atoms with E-state index in [4.69, 9.17) is 0 Å². The summed E-state index contributed by atoms with van der Waals surface area (Å²) in [6.07, 6.45) is 0.462. The largest absolute Gasteiger partial charge is 0.337 e. The fourth-order valence-corrected chi connectivity index (χ4v) is 3.97. The molecule has 0 radical (unpaired) electrons. The number of likely N-dealkylation sites (N-methyl/N-ethyl adjacent to an activating group) is 1. The normalized spacial score (nSPS) is 13.8. The lowest BCUT2D eigenvalue weighted by molar-refractivity contribution is -0.136. The fraction of sp³-hybridized carbons (Fsp3) is 0.185. The highest BCUT2D eigenvalue weighted by atomic mass is 19.1. The molecule has 1 heterocycles. The standard InChI is InChI=1S/C27H25FN2O2/c1-3-29(23-7-5-4-6-8-23)25-24(21-13-9-19(2)10-14-21)26(31)30(27(25)32)18-17-20-11-15-22(28)16-12-20/h4-16H,3,17-18H2,1-2H3. The van der Waals surface area contributed by atoms with E-state index in [0.29, 0.717) is 24.2 Å². The molecule has 0 N–H and O–H groups in total. The number of para-hydroxylation sites is 1. The third kappa shape index (κ3) is 4.19. The first-order chi connectivity index (χ1) is 15.5. The van der Waals surface area contributed by atoms with Gasteiger partial charge in [0, 0.05) is 18.8 Å². The van der Waals surface area contributed by atoms with E-state index >= 15 is 0 Å². The van der Waals surface area contributed by atoms with Crippen molar-refractivity contribution in [2.24, 2.45) is 0 Å². The molecule has 0 unspecified atom stereocenters. The molecule has 3 aromatic carbocycles. The number of hydrogen-bond acceptors (Lipinski definition) is 3. The van der Waals surface area contributed by atoms with Crippen LogP contribution in [0.3, 0.4) is 0 Å². The SMILES string of the molecule is CCN(C1=C(c2ccc(C)cc2)C(=O)N(CCc2ccc(F)cc2)C1=O)c1ccccc1. The molecule has 0 saturated carbocycles. The second kappa shape index (κ2) is 9.18. The van der Waals surface area contributed by atoms with Gasteiger partial charge in [0.2, 0.25) is 0 Å². The van der Waals surface area contributed by atoms with Crippen molar-refractivity contribution in [2.45, 2.75) is 20.3 Å². The number of carbonyl (C=O) groups is 2. The van der Waals surface area contributed by atoms with E-state index in [0.717, 1.165) is 22.4 Å². The molecule has 0 saturated heterocycles. The van der Waals surface area contributed by atoms with Crippen LogP contribution < -0.4 is 4.90 Å². The first kappa shape index (κ1) is 21.5. The number of nitrogens with zero attached hydrogens (tertiary/aromatic N) is 2. The molecule has 1 aliphatic heterocycles. The van der Waals surface area contributed by atoms with E-state index in [9.17, 15) is 14.0 Å². The van der Waals surface area contributed by atoms with E-state index in [1.54, 1.807) is 12.1 Å². The van der Waals surface area contributed by atoms with Gasteiger partial charge in [-0.05, 0) is 55.7 Å². The van der Waals surface area contributed by atoms with Crippen LogP contribution in [0.25, 0.3) is 5.57 Å². The summed E-state index contributed by atoms with van der Waals surface area (Å²) in [4.78, 5) is 30.3. The van der Waals surface area contributed by atoms with Crippen molar-refractivity contribution in [2.75, 3.05) is 18.0 Å². The van der Waals surface area contributed by atoms with E-state index < -0.39 is 0 Å². The number of anilines is 1. The van der Waals surface area contributed by atoms with E-state index in [1.807, 2.05) is 73.3 Å². The number of amides is 2. The molecule has 162 valence electrons. The smallest absolute Gasteiger partial charge is 0.278 e. The molecule has 32 heavy (non-hydrogen) atoms. The van der Waals surface area contributed by atoms with Gasteiger partial charge < -0.3 is 4.90 Å². The van der Waals surface area contributed by atoms with E-state index in [-0.39, 0.29) is 24.2 Å². The summed E-state index contributed by atoms with van der Waals surface area (Å²) in [5, 5.41) is 0. The molecule has 0 atom stereocenters. The summed E-state index contributed by atoms with van der Waals surface area (Å²) >= 11 is 0. The van der Waals surface area contributed by atoms with Gasteiger partial charge in [-0.25, -0.2) is 4.39 Å². The number of rotatable bonds is 7. The Morgan fingerprint density at radius 3 is 2.12 bits per heavy atom. The Kier molecular flexibility index (Phi) is 6.17. The van der Waals surface area contributed by atoms with Crippen LogP contribution in [-0.4, -0.2) is 29.8 Å². The number of halogens is 1. The number of hydrogen-bond donors (Lipinski definition) is 0. The van der Waals surface area contributed by atoms with Gasteiger partial charge in [0.15, 0.2) is 0 Å². The molecule has 2 amide bonds. The second-order valence-corrected chi connectivity index (χ2v) is 7.81. The number of aryl methyl sites for hydroxylation is 1. The van der Waals surface area contributed by atoms with Crippen LogP contribution in [0.15, 0.2) is 84.6 Å². The Balaban J connectivity index is 1.72. The minimum atomic E-state index is -0.311. The van der Waals surface area contributed by atoms with Crippen LogP contribution in [0.2, 0.25) is 0 Å². The summed E-state index contributed by atoms with van der Waals surface area (Å²) in [6, 6.07) is 23.4. The molecule has 0 aliphatic carbocycles. The van der Waals surface area contributed by atoms with Crippen molar-refractivity contribution in [3.05, 3.63) is 107 Å². The molecule has 0 spiro atoms. The van der Waals surface area contributed by atoms with E-state index in [2.05, 4.69) is 0 Å². The average molecular weight is 429 g/mol. The molecule has 5 heteroatoms. The molecule has 0 bridgehead atoms. The summed E-state index contributed by atoms with van der Waals surface area (Å²) in [7, 11) is 0. The maximum atomic E-state index is 13.6. The van der Waals surface area contributed by atoms with Crippen molar-refractivity contribution in [3.8, 4) is 0 Å². The highest BCUT2D eigenvalue weighted by molar-refractivity contribution is 6.36. The van der Waals surface area contributed by atoms with E-state index in [1.165, 1.54) is 17.0 Å². The minimum Gasteiger partial charge on any atom is -0.337 e. The summed E-state index contributed by atoms with van der Waals surface area (Å²) in [6.45, 7) is 4.72. The molecule has 4 nitrogen and oxygen atoms in total. The lowest BCUT2D eigenvalue weighted by atomic mass is 10.0. The first-order valence-electron chi connectivity index (χ1n) is 10.7. The monoisotopic (exact) mass is 428 g/mol. The molecule has 1 aliphatic rings. The van der Waals surface area contributed by atoms with Crippen molar-refractivity contribution in [1.82, 2.24) is 4.90 Å². The zero-order valence-corrected chi connectivity index (χ0v) is 18.2. The predicted octanol–water partition coefficient (Wildman–Crippen LogP) is 4.98. The Bertz CT molecular complexity index is 1150. The highest BCUT2D eigenvalue weighted by Crippen LogP contribution is 2.34. The van der Waals surface area contributed by atoms with Gasteiger partial charge in [0.25, 0.3) is 11.8 Å². The van der Waals surface area contributed by atoms with Gasteiger partial charge >= 0.3 is 0 Å². The molecule has 0 aromatic heterocycles. The van der Waals surface area contributed by atoms with Gasteiger partial charge in [-0.1, -0.05) is 60.2 Å². The Morgan fingerprint density at radius 1 is 0.844 bits per heavy atom. The van der Waals surface area contributed by atoms with Crippen molar-refractivity contribution in [3.63, 3.8) is 0 Å². The minimum absolute atomic E-state index is 0.231. The topological polar surface area (TPSA) is 40.6 Å². The lowest BCUT2D eigenvalue weighted by Crippen LogP contribution is -2.36. The fourth-order valence-electron chi connectivity index (χ4n) is 3.97. The number of benzene rings is 3. The molecule has 0 fully saturated rings. The predicted molar refractivity (Wildman–Crippen MR) is 124 cm³/mol. The molecule has 3 aromatic rings. The number of imide groups is 1. The van der Waals surface area contributed by atoms with Crippen molar-refractivity contribution >= 4 is 23.1 Å². The van der Waals surface area contributed by atoms with Crippen molar-refractivity contribution in [1.29, 1.82) is 0 Å². The Hall–Kier alpha value is -3.73. The molecule has 4 rings (SSSR count). The van der Waals surface area contributed by atoms with Crippen LogP contribution in [0, 0.1) is 12.7 Å². The third-order valence-corrected chi connectivity index (χ3v) is 5.68. The van der Waals surface area contributed by atoms with Crippen LogP contribution in [0.1, 0.15) is 23.6 Å². The lowest BCUT2D eigenvalue weighted by Gasteiger charge is -2.25. The maximum absolute atomic E-state index is 13.6. The first-order valence-corrected chi connectivity index (χ1v) is 10.7. The Morgan fingerprint density at radius 2 is 1.50 bits per heavy atom. The maximum Gasteiger partial charge on any atom is 0.278 e. The second-order valence-electron chi connectivity index (χ2n) is 7.81. The quantitative estimate of drug-likeness (QED) is 0.498. The van der Waals surface area contributed by atoms with Gasteiger partial charge in [-0.2, -0.15) is 0 Å². The molecular formula is C27H25FN2O2. The van der Waals surface area contributed by atoms with Gasteiger partial charge in [0.05, 0.1) is 5.57 Å². The number of carbonyl (C=O) groups excluding carboxylic acids is 2. The van der Waals surface area contributed by atoms with Gasteiger partial charge in [-0.15, -0.1) is 0 Å². The van der Waals surface area contributed by atoms with Gasteiger partial charge in [-0.3, -0.25) is 14.5 Å². The highest BCUT2D eigenvalue weighted by Gasteiger charge is 2.41. The average Bonchev–Trinajstić information content (AvgIpc) is 3.05. The zero-order chi connectivity index (χ0) is 22.7. The Labute approximate surface area is 187 Å². The van der Waals surface area contributed by atoms with Crippen molar-refractivity contribution < 1.29 is 14.0 Å². The summed E-state index contributed by atoms with van der Waals surface area (Å²) in [5.41, 5.74) is 4.34.